The van der Waals surface area contributed by atoms with Crippen molar-refractivity contribution >= 4 is 50.4 Å². The van der Waals surface area contributed by atoms with E-state index in [0.717, 1.165) is 26.6 Å². The van der Waals surface area contributed by atoms with Crippen molar-refractivity contribution in [2.24, 2.45) is 0 Å². The van der Waals surface area contributed by atoms with Crippen molar-refractivity contribution in [2.75, 3.05) is 43.4 Å². The summed E-state index contributed by atoms with van der Waals surface area (Å²) in [6.07, 6.45) is 1.47. The second-order valence-corrected chi connectivity index (χ2v) is 7.85. The van der Waals surface area contributed by atoms with E-state index in [1.54, 1.807) is 18.4 Å². The van der Waals surface area contributed by atoms with Crippen molar-refractivity contribution in [3.8, 4) is 0 Å². The topological polar surface area (TPSA) is 61.4 Å². The summed E-state index contributed by atoms with van der Waals surface area (Å²) in [6.45, 7) is 4.74. The quantitative estimate of drug-likeness (QED) is 0.678. The van der Waals surface area contributed by atoms with Gasteiger partial charge in [-0.05, 0) is 23.9 Å². The lowest BCUT2D eigenvalue weighted by atomic mass is 10.1. The van der Waals surface area contributed by atoms with Crippen LogP contribution in [-0.4, -0.2) is 54.0 Å². The monoisotopic (exact) mass is 401 g/mol. The van der Waals surface area contributed by atoms with Gasteiger partial charge >= 0.3 is 0 Å². The number of carbonyl (C=O) groups excluding carboxylic acids is 1. The van der Waals surface area contributed by atoms with Gasteiger partial charge in [0.25, 0.3) is 5.91 Å². The molecule has 0 aliphatic carbocycles. The van der Waals surface area contributed by atoms with Gasteiger partial charge in [-0.2, -0.15) is 0 Å². The number of aryl methyl sites for hydroxylation is 1. The van der Waals surface area contributed by atoms with Crippen LogP contribution >= 0.6 is 22.9 Å². The number of amides is 1. The molecule has 3 aromatic rings. The summed E-state index contributed by atoms with van der Waals surface area (Å²) in [5, 5.41) is 4.64. The van der Waals surface area contributed by atoms with Crippen LogP contribution in [-0.2, 0) is 0 Å². The number of piperazine rings is 1. The average Bonchev–Trinajstić information content (AvgIpc) is 3.04. The first-order valence-corrected chi connectivity index (χ1v) is 10.00. The Balaban J connectivity index is 1.51. The predicted octanol–water partition coefficient (Wildman–Crippen LogP) is 3.66. The molecular weight excluding hydrogens is 382 g/mol. The van der Waals surface area contributed by atoms with Gasteiger partial charge in [-0.1, -0.05) is 29.8 Å². The van der Waals surface area contributed by atoms with Crippen molar-refractivity contribution in [3.63, 3.8) is 0 Å². The number of aromatic nitrogens is 2. The predicted molar refractivity (Wildman–Crippen MR) is 111 cm³/mol. The lowest BCUT2D eigenvalue weighted by molar-refractivity contribution is 0.0751. The fourth-order valence-electron chi connectivity index (χ4n) is 3.45. The maximum absolute atomic E-state index is 13.1. The maximum Gasteiger partial charge on any atom is 0.264 e. The highest BCUT2D eigenvalue weighted by Crippen LogP contribution is 2.32. The van der Waals surface area contributed by atoms with Gasteiger partial charge in [-0.25, -0.2) is 9.97 Å². The molecule has 4 rings (SSSR count). The molecule has 1 saturated heterocycles. The zero-order valence-electron chi connectivity index (χ0n) is 15.2. The Labute approximate surface area is 166 Å². The van der Waals surface area contributed by atoms with E-state index >= 15 is 0 Å². The summed E-state index contributed by atoms with van der Waals surface area (Å²) in [4.78, 5) is 26.4. The Morgan fingerprint density at radius 1 is 1.19 bits per heavy atom. The molecule has 1 amide bonds. The average molecular weight is 402 g/mol. The fourth-order valence-corrected chi connectivity index (χ4v) is 4.85. The second kappa shape index (κ2) is 7.32. The number of nitrogens with zero attached hydrogens (tertiary/aromatic N) is 4. The lowest BCUT2D eigenvalue weighted by Gasteiger charge is -2.36. The standard InChI is InChI=1S/C19H20ClN5OS/c1-12-13-5-3-4-6-14(13)27-16(12)19(26)25-9-7-24(8-10-25)18-15(21-2)17(20)22-11-23-18/h3-6,11,21H,7-10H2,1-2H3. The molecule has 6 nitrogen and oxygen atoms in total. The largest absolute Gasteiger partial charge is 0.383 e. The van der Waals surface area contributed by atoms with Crippen LogP contribution < -0.4 is 10.2 Å². The van der Waals surface area contributed by atoms with Gasteiger partial charge in [0.05, 0.1) is 4.88 Å². The molecule has 140 valence electrons. The molecule has 1 N–H and O–H groups in total. The Morgan fingerprint density at radius 3 is 2.63 bits per heavy atom. The number of anilines is 2. The molecule has 2 aromatic heterocycles. The van der Waals surface area contributed by atoms with E-state index < -0.39 is 0 Å². The highest BCUT2D eigenvalue weighted by molar-refractivity contribution is 7.21. The highest BCUT2D eigenvalue weighted by Gasteiger charge is 2.27. The van der Waals surface area contributed by atoms with Gasteiger partial charge in [0, 0.05) is 37.9 Å². The van der Waals surface area contributed by atoms with Gasteiger partial charge in [0.1, 0.15) is 12.0 Å². The van der Waals surface area contributed by atoms with Crippen LogP contribution in [0.4, 0.5) is 11.5 Å². The molecule has 1 aliphatic heterocycles. The van der Waals surface area contributed by atoms with Gasteiger partial charge in [-0.3, -0.25) is 4.79 Å². The Bertz CT molecular complexity index is 997. The summed E-state index contributed by atoms with van der Waals surface area (Å²) in [7, 11) is 1.80. The highest BCUT2D eigenvalue weighted by atomic mass is 35.5. The van der Waals surface area contributed by atoms with Crippen molar-refractivity contribution in [2.45, 2.75) is 6.92 Å². The Kier molecular flexibility index (Phi) is 4.88. The maximum atomic E-state index is 13.1. The van der Waals surface area contributed by atoms with Crippen molar-refractivity contribution in [1.29, 1.82) is 0 Å². The molecule has 3 heterocycles. The SMILES string of the molecule is CNc1c(Cl)ncnc1N1CCN(C(=O)c2sc3ccccc3c2C)CC1. The van der Waals surface area contributed by atoms with Gasteiger partial charge in [0.15, 0.2) is 11.0 Å². The first-order valence-electron chi connectivity index (χ1n) is 8.80. The van der Waals surface area contributed by atoms with E-state index in [1.807, 2.05) is 24.0 Å². The van der Waals surface area contributed by atoms with Gasteiger partial charge in [0.2, 0.25) is 0 Å². The Hall–Kier alpha value is -2.38. The molecular formula is C19H20ClN5OS. The number of fused-ring (bicyclic) bond motifs is 1. The van der Waals surface area contributed by atoms with Gasteiger partial charge < -0.3 is 15.1 Å². The van der Waals surface area contributed by atoms with Crippen molar-refractivity contribution in [3.05, 3.63) is 46.2 Å². The number of benzene rings is 1. The van der Waals surface area contributed by atoms with Crippen molar-refractivity contribution < 1.29 is 4.79 Å². The summed E-state index contributed by atoms with van der Waals surface area (Å²) in [6, 6.07) is 8.17. The van der Waals surface area contributed by atoms with Crippen molar-refractivity contribution in [1.82, 2.24) is 14.9 Å². The van der Waals surface area contributed by atoms with Crippen LogP contribution in [0, 0.1) is 6.92 Å². The van der Waals surface area contributed by atoms with E-state index in [1.165, 1.54) is 11.7 Å². The molecule has 0 spiro atoms. The molecule has 8 heteroatoms. The molecule has 0 unspecified atom stereocenters. The smallest absolute Gasteiger partial charge is 0.264 e. The van der Waals surface area contributed by atoms with E-state index in [2.05, 4.69) is 32.3 Å². The molecule has 0 radical (unpaired) electrons. The number of hydrogen-bond acceptors (Lipinski definition) is 6. The molecule has 0 bridgehead atoms. The molecule has 27 heavy (non-hydrogen) atoms. The fraction of sp³-hybridized carbons (Fsp3) is 0.316. The summed E-state index contributed by atoms with van der Waals surface area (Å²) in [5.74, 6) is 0.894. The number of hydrogen-bond donors (Lipinski definition) is 1. The van der Waals surface area contributed by atoms with Crippen LogP contribution in [0.25, 0.3) is 10.1 Å². The van der Waals surface area contributed by atoms with Crippen LogP contribution in [0.15, 0.2) is 30.6 Å². The first kappa shape index (κ1) is 18.0. The van der Waals surface area contributed by atoms with Crippen LogP contribution in [0.5, 0.6) is 0 Å². The van der Waals surface area contributed by atoms with E-state index in [0.29, 0.717) is 31.3 Å². The lowest BCUT2D eigenvalue weighted by Crippen LogP contribution is -2.49. The van der Waals surface area contributed by atoms with E-state index in [9.17, 15) is 4.79 Å². The molecule has 1 aromatic carbocycles. The Morgan fingerprint density at radius 2 is 1.93 bits per heavy atom. The molecule has 1 fully saturated rings. The first-order chi connectivity index (χ1) is 13.1. The van der Waals surface area contributed by atoms with Crippen LogP contribution in [0.1, 0.15) is 15.2 Å². The van der Waals surface area contributed by atoms with Crippen LogP contribution in [0.3, 0.4) is 0 Å². The molecule has 0 atom stereocenters. The zero-order chi connectivity index (χ0) is 19.0. The third-order valence-corrected chi connectivity index (χ3v) is 6.48. The molecule has 0 saturated carbocycles. The second-order valence-electron chi connectivity index (χ2n) is 6.44. The number of nitrogens with one attached hydrogen (secondary N) is 1. The third kappa shape index (κ3) is 3.21. The number of halogens is 1. The zero-order valence-corrected chi connectivity index (χ0v) is 16.8. The minimum Gasteiger partial charge on any atom is -0.383 e. The minimum absolute atomic E-state index is 0.114. The van der Waals surface area contributed by atoms with E-state index in [-0.39, 0.29) is 5.91 Å². The van der Waals surface area contributed by atoms with Gasteiger partial charge in [-0.15, -0.1) is 11.3 Å². The number of thiophene rings is 1. The van der Waals surface area contributed by atoms with Crippen LogP contribution in [0.2, 0.25) is 5.15 Å². The summed E-state index contributed by atoms with van der Waals surface area (Å²) in [5.41, 5.74) is 1.79. The number of carbonyl (C=O) groups is 1. The van der Waals surface area contributed by atoms with E-state index in [4.69, 9.17) is 11.6 Å². The molecule has 1 aliphatic rings. The third-order valence-electron chi connectivity index (χ3n) is 4.94. The normalized spacial score (nSPS) is 14.6. The summed E-state index contributed by atoms with van der Waals surface area (Å²) >= 11 is 7.74. The minimum atomic E-state index is 0.114. The number of rotatable bonds is 3. The summed E-state index contributed by atoms with van der Waals surface area (Å²) < 4.78 is 1.16.